The first-order chi connectivity index (χ1) is 9.77. The maximum atomic E-state index is 12.2. The van der Waals surface area contributed by atoms with Crippen LogP contribution in [0.4, 0.5) is 4.79 Å². The highest BCUT2D eigenvalue weighted by Crippen LogP contribution is 2.07. The summed E-state index contributed by atoms with van der Waals surface area (Å²) in [6.45, 7) is 9.31. The fourth-order valence-corrected chi connectivity index (χ4v) is 1.77. The van der Waals surface area contributed by atoms with Crippen LogP contribution in [0.15, 0.2) is 0 Å². The van der Waals surface area contributed by atoms with Gasteiger partial charge >= 0.3 is 12.0 Å². The minimum atomic E-state index is -1.12. The third kappa shape index (κ3) is 9.28. The van der Waals surface area contributed by atoms with Crippen molar-refractivity contribution in [3.63, 3.8) is 0 Å². The van der Waals surface area contributed by atoms with E-state index < -0.39 is 12.0 Å². The normalized spacial score (nSPS) is 12.5. The van der Waals surface area contributed by atoms with E-state index in [-0.39, 0.29) is 19.1 Å². The quantitative estimate of drug-likeness (QED) is 0.575. The molecule has 0 aromatic rings. The zero-order valence-electron chi connectivity index (χ0n) is 13.6. The molecule has 0 fully saturated rings. The number of hydrogen-bond acceptors (Lipinski definition) is 3. The number of carbonyl (C=O) groups excluding carboxylic acids is 1. The molecule has 0 saturated heterocycles. The van der Waals surface area contributed by atoms with Crippen LogP contribution in [0.25, 0.3) is 0 Å². The first-order valence-corrected chi connectivity index (χ1v) is 7.67. The van der Waals surface area contributed by atoms with Gasteiger partial charge in [0, 0.05) is 26.1 Å². The molecule has 0 aromatic heterocycles. The topological polar surface area (TPSA) is 89.9 Å². The van der Waals surface area contributed by atoms with Crippen LogP contribution in [0.3, 0.4) is 0 Å². The monoisotopic (exact) mass is 302 g/mol. The van der Waals surface area contributed by atoms with E-state index >= 15 is 0 Å². The summed E-state index contributed by atoms with van der Waals surface area (Å²) in [5.74, 6) is -0.163. The predicted molar refractivity (Wildman–Crippen MR) is 82.1 cm³/mol. The molecule has 0 aliphatic carbocycles. The molecule has 0 saturated carbocycles. The van der Waals surface area contributed by atoms with Gasteiger partial charge < -0.3 is 20.4 Å². The van der Waals surface area contributed by atoms with Crippen molar-refractivity contribution in [1.82, 2.24) is 10.2 Å². The van der Waals surface area contributed by atoms with Gasteiger partial charge in [0.05, 0.1) is 0 Å². The number of nitrogens with one attached hydrogen (secondary N) is 1. The van der Waals surface area contributed by atoms with Gasteiger partial charge in [0.1, 0.15) is 6.04 Å². The first-order valence-electron chi connectivity index (χ1n) is 7.67. The molecular formula is C15H30N2O4. The standard InChI is InChI=1S/C15H30N2O4/c1-11(2)5-8-17(9-6-12(3)4)15(21)16-13(7-10-18)14(19)20/h11-13,18H,5-10H2,1-4H3,(H,16,21)(H,19,20)/t13-/m0/s1. The highest BCUT2D eigenvalue weighted by atomic mass is 16.4. The average Bonchev–Trinajstić information content (AvgIpc) is 2.37. The van der Waals surface area contributed by atoms with Gasteiger partial charge in [0.2, 0.25) is 0 Å². The minimum Gasteiger partial charge on any atom is -0.480 e. The molecule has 1 atom stereocenters. The summed E-state index contributed by atoms with van der Waals surface area (Å²) in [4.78, 5) is 24.9. The number of carbonyl (C=O) groups is 2. The summed E-state index contributed by atoms with van der Waals surface area (Å²) in [6, 6.07) is -1.40. The van der Waals surface area contributed by atoms with Crippen LogP contribution in [0, 0.1) is 11.8 Å². The molecule has 0 bridgehead atoms. The Kier molecular flexibility index (Phi) is 9.78. The van der Waals surface area contributed by atoms with Gasteiger partial charge in [0.15, 0.2) is 0 Å². The number of carboxylic acids is 1. The second-order valence-electron chi connectivity index (χ2n) is 6.20. The summed E-state index contributed by atoms with van der Waals surface area (Å²) in [5.41, 5.74) is 0. The van der Waals surface area contributed by atoms with Crippen LogP contribution in [0.2, 0.25) is 0 Å². The van der Waals surface area contributed by atoms with Crippen LogP contribution in [-0.2, 0) is 4.79 Å². The number of aliphatic carboxylic acids is 1. The van der Waals surface area contributed by atoms with E-state index in [0.717, 1.165) is 12.8 Å². The van der Waals surface area contributed by atoms with Gasteiger partial charge in [-0.3, -0.25) is 0 Å². The van der Waals surface area contributed by atoms with Gasteiger partial charge in [-0.25, -0.2) is 9.59 Å². The van der Waals surface area contributed by atoms with Crippen LogP contribution in [0.5, 0.6) is 0 Å². The number of amides is 2. The molecule has 0 aromatic carbocycles. The Bertz CT molecular complexity index is 307. The Hall–Kier alpha value is -1.30. The van der Waals surface area contributed by atoms with Crippen molar-refractivity contribution in [1.29, 1.82) is 0 Å². The zero-order valence-corrected chi connectivity index (χ0v) is 13.6. The van der Waals surface area contributed by atoms with Gasteiger partial charge in [-0.15, -0.1) is 0 Å². The molecule has 3 N–H and O–H groups in total. The van der Waals surface area contributed by atoms with Crippen molar-refractivity contribution < 1.29 is 19.8 Å². The van der Waals surface area contributed by atoms with Crippen LogP contribution >= 0.6 is 0 Å². The lowest BCUT2D eigenvalue weighted by atomic mass is 10.1. The van der Waals surface area contributed by atoms with Gasteiger partial charge in [0.25, 0.3) is 0 Å². The summed E-state index contributed by atoms with van der Waals surface area (Å²) in [7, 11) is 0. The molecule has 0 heterocycles. The Balaban J connectivity index is 4.62. The van der Waals surface area contributed by atoms with E-state index in [0.29, 0.717) is 24.9 Å². The van der Waals surface area contributed by atoms with Crippen molar-refractivity contribution in [2.75, 3.05) is 19.7 Å². The lowest BCUT2D eigenvalue weighted by molar-refractivity contribution is -0.139. The molecule has 6 nitrogen and oxygen atoms in total. The Labute approximate surface area is 127 Å². The van der Waals surface area contributed by atoms with Crippen molar-refractivity contribution in [3.8, 4) is 0 Å². The molecule has 2 amide bonds. The fraction of sp³-hybridized carbons (Fsp3) is 0.867. The fourth-order valence-electron chi connectivity index (χ4n) is 1.77. The number of aliphatic hydroxyl groups excluding tert-OH is 1. The van der Waals surface area contributed by atoms with Gasteiger partial charge in [-0.05, 0) is 24.7 Å². The second-order valence-corrected chi connectivity index (χ2v) is 6.20. The van der Waals surface area contributed by atoms with E-state index in [2.05, 4.69) is 33.0 Å². The molecule has 0 aliphatic rings. The highest BCUT2D eigenvalue weighted by Gasteiger charge is 2.22. The van der Waals surface area contributed by atoms with E-state index in [9.17, 15) is 9.59 Å². The van der Waals surface area contributed by atoms with Gasteiger partial charge in [-0.2, -0.15) is 0 Å². The minimum absolute atomic E-state index is 0.0171. The Morgan fingerprint density at radius 2 is 1.48 bits per heavy atom. The molecule has 21 heavy (non-hydrogen) atoms. The van der Waals surface area contributed by atoms with Crippen molar-refractivity contribution >= 4 is 12.0 Å². The molecule has 0 aliphatic heterocycles. The number of nitrogens with zero attached hydrogens (tertiary/aromatic N) is 1. The largest absolute Gasteiger partial charge is 0.480 e. The smallest absolute Gasteiger partial charge is 0.326 e. The predicted octanol–water partition coefficient (Wildman–Crippen LogP) is 1.93. The number of hydrogen-bond donors (Lipinski definition) is 3. The van der Waals surface area contributed by atoms with Crippen LogP contribution in [0.1, 0.15) is 47.0 Å². The number of urea groups is 1. The van der Waals surface area contributed by atoms with E-state index in [1.165, 1.54) is 0 Å². The second kappa shape index (κ2) is 10.4. The zero-order chi connectivity index (χ0) is 16.4. The van der Waals surface area contributed by atoms with E-state index in [1.54, 1.807) is 4.90 Å². The molecule has 0 radical (unpaired) electrons. The van der Waals surface area contributed by atoms with Crippen LogP contribution in [-0.4, -0.2) is 52.9 Å². The van der Waals surface area contributed by atoms with Crippen molar-refractivity contribution in [2.45, 2.75) is 53.0 Å². The lowest BCUT2D eigenvalue weighted by Gasteiger charge is -2.26. The van der Waals surface area contributed by atoms with E-state index in [1.807, 2.05) is 0 Å². The third-order valence-electron chi connectivity index (χ3n) is 3.25. The molecule has 6 heteroatoms. The van der Waals surface area contributed by atoms with Gasteiger partial charge in [-0.1, -0.05) is 27.7 Å². The maximum absolute atomic E-state index is 12.2. The molecule has 0 unspecified atom stereocenters. The Morgan fingerprint density at radius 1 is 1.00 bits per heavy atom. The van der Waals surface area contributed by atoms with Crippen molar-refractivity contribution in [3.05, 3.63) is 0 Å². The maximum Gasteiger partial charge on any atom is 0.326 e. The third-order valence-corrected chi connectivity index (χ3v) is 3.25. The lowest BCUT2D eigenvalue weighted by Crippen LogP contribution is -2.49. The average molecular weight is 302 g/mol. The summed E-state index contributed by atoms with van der Waals surface area (Å²) >= 11 is 0. The first kappa shape index (κ1) is 19.7. The van der Waals surface area contributed by atoms with Crippen molar-refractivity contribution in [2.24, 2.45) is 11.8 Å². The molecule has 124 valence electrons. The summed E-state index contributed by atoms with van der Waals surface area (Å²) in [5, 5.41) is 20.4. The summed E-state index contributed by atoms with van der Waals surface area (Å²) in [6.07, 6.45) is 1.77. The Morgan fingerprint density at radius 3 is 1.81 bits per heavy atom. The van der Waals surface area contributed by atoms with E-state index in [4.69, 9.17) is 10.2 Å². The number of carboxylic acid groups (broad SMARTS) is 1. The molecule has 0 spiro atoms. The number of aliphatic hydroxyl groups is 1. The highest BCUT2D eigenvalue weighted by molar-refractivity contribution is 5.82. The SMILES string of the molecule is CC(C)CCN(CCC(C)C)C(=O)N[C@@H](CCO)C(=O)O. The number of rotatable bonds is 10. The molecular weight excluding hydrogens is 272 g/mol. The summed E-state index contributed by atoms with van der Waals surface area (Å²) < 4.78 is 0. The molecule has 0 rings (SSSR count). The van der Waals surface area contributed by atoms with Crippen LogP contribution < -0.4 is 5.32 Å².